The highest BCUT2D eigenvalue weighted by molar-refractivity contribution is 7.99. The second kappa shape index (κ2) is 5.19. The van der Waals surface area contributed by atoms with Crippen LogP contribution in [0.2, 0.25) is 0 Å². The summed E-state index contributed by atoms with van der Waals surface area (Å²) in [4.78, 5) is 6.76. The molecule has 1 unspecified atom stereocenters. The standard InChI is InChI=1S/C12H22N4OS/c1-12(2,3)9(13)11-14-10(15-17-11)8-7-18-6-5-16(8)4/h8-9H,5-7,13H2,1-4H3/t8?,9-/m0/s1. The predicted molar refractivity (Wildman–Crippen MR) is 73.4 cm³/mol. The van der Waals surface area contributed by atoms with Crippen LogP contribution in [-0.4, -0.2) is 40.1 Å². The third-order valence-electron chi connectivity index (χ3n) is 3.35. The second-order valence-electron chi connectivity index (χ2n) is 5.91. The van der Waals surface area contributed by atoms with Crippen molar-refractivity contribution in [1.29, 1.82) is 0 Å². The number of rotatable bonds is 2. The van der Waals surface area contributed by atoms with Gasteiger partial charge in [0.05, 0.1) is 12.1 Å². The van der Waals surface area contributed by atoms with Crippen LogP contribution in [0.4, 0.5) is 0 Å². The van der Waals surface area contributed by atoms with Crippen LogP contribution in [0.15, 0.2) is 4.52 Å². The van der Waals surface area contributed by atoms with Gasteiger partial charge in [-0.1, -0.05) is 25.9 Å². The van der Waals surface area contributed by atoms with Crippen molar-refractivity contribution in [2.45, 2.75) is 32.9 Å². The van der Waals surface area contributed by atoms with Gasteiger partial charge in [0.25, 0.3) is 0 Å². The van der Waals surface area contributed by atoms with Crippen LogP contribution in [0.5, 0.6) is 0 Å². The smallest absolute Gasteiger partial charge is 0.244 e. The SMILES string of the molecule is CN1CCSCC1c1noc([C@H](N)C(C)(C)C)n1. The second-order valence-corrected chi connectivity index (χ2v) is 7.06. The zero-order chi connectivity index (χ0) is 13.3. The fourth-order valence-electron chi connectivity index (χ4n) is 1.84. The number of hydrogen-bond acceptors (Lipinski definition) is 6. The Morgan fingerprint density at radius 1 is 1.50 bits per heavy atom. The first-order valence-electron chi connectivity index (χ1n) is 6.26. The van der Waals surface area contributed by atoms with Crippen LogP contribution < -0.4 is 5.73 Å². The molecule has 6 heteroatoms. The van der Waals surface area contributed by atoms with Crippen molar-refractivity contribution in [2.24, 2.45) is 11.1 Å². The van der Waals surface area contributed by atoms with Crippen molar-refractivity contribution >= 4 is 11.8 Å². The van der Waals surface area contributed by atoms with Gasteiger partial charge in [-0.15, -0.1) is 0 Å². The van der Waals surface area contributed by atoms with Gasteiger partial charge in [-0.05, 0) is 12.5 Å². The van der Waals surface area contributed by atoms with Crippen LogP contribution >= 0.6 is 11.8 Å². The Balaban J connectivity index is 2.15. The van der Waals surface area contributed by atoms with Gasteiger partial charge in [-0.2, -0.15) is 16.7 Å². The largest absolute Gasteiger partial charge is 0.338 e. The van der Waals surface area contributed by atoms with Crippen LogP contribution in [0.3, 0.4) is 0 Å². The van der Waals surface area contributed by atoms with Crippen molar-refractivity contribution in [2.75, 3.05) is 25.1 Å². The number of nitrogens with two attached hydrogens (primary N) is 1. The highest BCUT2D eigenvalue weighted by Gasteiger charge is 2.30. The van der Waals surface area contributed by atoms with E-state index in [2.05, 4.69) is 42.9 Å². The van der Waals surface area contributed by atoms with Gasteiger partial charge in [0, 0.05) is 18.1 Å². The fraction of sp³-hybridized carbons (Fsp3) is 0.833. The topological polar surface area (TPSA) is 68.2 Å². The van der Waals surface area contributed by atoms with Crippen molar-refractivity contribution in [3.05, 3.63) is 11.7 Å². The molecule has 2 N–H and O–H groups in total. The molecule has 1 aliphatic heterocycles. The van der Waals surface area contributed by atoms with E-state index in [0.717, 1.165) is 18.1 Å². The first-order valence-corrected chi connectivity index (χ1v) is 7.42. The molecular formula is C12H22N4OS. The molecule has 1 fully saturated rings. The lowest BCUT2D eigenvalue weighted by atomic mass is 9.87. The molecule has 2 rings (SSSR count). The summed E-state index contributed by atoms with van der Waals surface area (Å²) in [5.74, 6) is 3.49. The Morgan fingerprint density at radius 2 is 2.22 bits per heavy atom. The molecule has 0 amide bonds. The molecule has 2 heterocycles. The van der Waals surface area contributed by atoms with Gasteiger partial charge >= 0.3 is 0 Å². The van der Waals surface area contributed by atoms with E-state index in [1.54, 1.807) is 0 Å². The summed E-state index contributed by atoms with van der Waals surface area (Å²) in [6.07, 6.45) is 0. The Morgan fingerprint density at radius 3 is 2.83 bits per heavy atom. The summed E-state index contributed by atoms with van der Waals surface area (Å²) in [5, 5.41) is 4.10. The summed E-state index contributed by atoms with van der Waals surface area (Å²) in [6, 6.07) is 0.0220. The van der Waals surface area contributed by atoms with Gasteiger partial charge in [-0.25, -0.2) is 0 Å². The molecule has 1 aromatic rings. The molecule has 2 atom stereocenters. The third-order valence-corrected chi connectivity index (χ3v) is 4.37. The van der Waals surface area contributed by atoms with E-state index >= 15 is 0 Å². The highest BCUT2D eigenvalue weighted by Crippen LogP contribution is 2.31. The molecule has 0 spiro atoms. The number of hydrogen-bond donors (Lipinski definition) is 1. The number of thioether (sulfide) groups is 1. The molecule has 0 aliphatic carbocycles. The van der Waals surface area contributed by atoms with E-state index < -0.39 is 0 Å². The summed E-state index contributed by atoms with van der Waals surface area (Å²) < 4.78 is 5.33. The lowest BCUT2D eigenvalue weighted by Crippen LogP contribution is -2.33. The lowest BCUT2D eigenvalue weighted by molar-refractivity contribution is 0.243. The molecule has 1 aromatic heterocycles. The van der Waals surface area contributed by atoms with Gasteiger partial charge in [0.2, 0.25) is 5.89 Å². The van der Waals surface area contributed by atoms with Crippen molar-refractivity contribution in [3.8, 4) is 0 Å². The van der Waals surface area contributed by atoms with Gasteiger partial charge in [0.1, 0.15) is 0 Å². The predicted octanol–water partition coefficient (Wildman–Crippen LogP) is 1.84. The quantitative estimate of drug-likeness (QED) is 0.884. The molecule has 0 radical (unpaired) electrons. The highest BCUT2D eigenvalue weighted by atomic mass is 32.2. The molecule has 0 aromatic carbocycles. The molecule has 1 aliphatic rings. The average Bonchev–Trinajstić information content (AvgIpc) is 2.76. The molecule has 1 saturated heterocycles. The molecule has 5 nitrogen and oxygen atoms in total. The van der Waals surface area contributed by atoms with Crippen molar-refractivity contribution < 1.29 is 4.52 Å². The average molecular weight is 270 g/mol. The van der Waals surface area contributed by atoms with E-state index in [0.29, 0.717) is 5.89 Å². The van der Waals surface area contributed by atoms with E-state index in [9.17, 15) is 0 Å². The minimum absolute atomic E-state index is 0.0724. The summed E-state index contributed by atoms with van der Waals surface area (Å²) >= 11 is 1.93. The first-order chi connectivity index (χ1) is 8.39. The molecule has 18 heavy (non-hydrogen) atoms. The minimum Gasteiger partial charge on any atom is -0.338 e. The Hall–Kier alpha value is -0.590. The van der Waals surface area contributed by atoms with Crippen LogP contribution in [0, 0.1) is 5.41 Å². The van der Waals surface area contributed by atoms with E-state index in [1.165, 1.54) is 5.75 Å². The molecule has 0 saturated carbocycles. The first kappa shape index (κ1) is 13.8. The Kier molecular flexibility index (Phi) is 3.99. The molecular weight excluding hydrogens is 248 g/mol. The lowest BCUT2D eigenvalue weighted by Gasteiger charge is -2.29. The normalized spacial score (nSPS) is 24.2. The zero-order valence-electron chi connectivity index (χ0n) is 11.5. The van der Waals surface area contributed by atoms with Gasteiger partial charge < -0.3 is 10.3 Å². The Labute approximate surface area is 112 Å². The summed E-state index contributed by atoms with van der Waals surface area (Å²) in [5.41, 5.74) is 6.06. The maximum atomic E-state index is 6.13. The summed E-state index contributed by atoms with van der Waals surface area (Å²) in [6.45, 7) is 7.28. The molecule has 102 valence electrons. The number of aromatic nitrogens is 2. The maximum Gasteiger partial charge on any atom is 0.244 e. The van der Waals surface area contributed by atoms with Crippen LogP contribution in [0.1, 0.15) is 44.6 Å². The van der Waals surface area contributed by atoms with Crippen LogP contribution in [0.25, 0.3) is 0 Å². The monoisotopic (exact) mass is 270 g/mol. The van der Waals surface area contributed by atoms with E-state index in [1.807, 2.05) is 11.8 Å². The fourth-order valence-corrected chi connectivity index (χ4v) is 3.05. The Bertz CT molecular complexity index is 401. The summed E-state index contributed by atoms with van der Waals surface area (Å²) in [7, 11) is 2.10. The molecule has 0 bridgehead atoms. The van der Waals surface area contributed by atoms with Crippen molar-refractivity contribution in [1.82, 2.24) is 15.0 Å². The van der Waals surface area contributed by atoms with Gasteiger partial charge in [-0.3, -0.25) is 4.90 Å². The third kappa shape index (κ3) is 2.87. The number of nitrogens with zero attached hydrogens (tertiary/aromatic N) is 3. The van der Waals surface area contributed by atoms with Crippen LogP contribution in [-0.2, 0) is 0 Å². The van der Waals surface area contributed by atoms with Crippen molar-refractivity contribution in [3.63, 3.8) is 0 Å². The van der Waals surface area contributed by atoms with E-state index in [-0.39, 0.29) is 17.5 Å². The van der Waals surface area contributed by atoms with Gasteiger partial charge in [0.15, 0.2) is 5.82 Å². The van der Waals surface area contributed by atoms with E-state index in [4.69, 9.17) is 10.3 Å². The zero-order valence-corrected chi connectivity index (χ0v) is 12.3. The maximum absolute atomic E-state index is 6.13. The minimum atomic E-state index is -0.222.